The molecule has 0 atom stereocenters. The molecule has 4 heteroatoms. The Morgan fingerprint density at radius 2 is 2.18 bits per heavy atom. The number of hydrogen-bond donors (Lipinski definition) is 1. The van der Waals surface area contributed by atoms with E-state index < -0.39 is 5.82 Å². The van der Waals surface area contributed by atoms with Crippen LogP contribution in [0.3, 0.4) is 0 Å². The van der Waals surface area contributed by atoms with Crippen molar-refractivity contribution in [3.8, 4) is 0 Å². The number of anilines is 1. The summed E-state index contributed by atoms with van der Waals surface area (Å²) >= 11 is 5.43. The van der Waals surface area contributed by atoms with Crippen LogP contribution in [-0.2, 0) is 0 Å². The van der Waals surface area contributed by atoms with Gasteiger partial charge in [-0.3, -0.25) is 0 Å². The van der Waals surface area contributed by atoms with Crippen LogP contribution in [0.15, 0.2) is 12.1 Å². The van der Waals surface area contributed by atoms with Gasteiger partial charge in [-0.05, 0) is 6.07 Å². The molecule has 0 aliphatic carbocycles. The molecule has 0 saturated heterocycles. The summed E-state index contributed by atoms with van der Waals surface area (Å²) in [5, 5.41) is -0.208. The van der Waals surface area contributed by atoms with Gasteiger partial charge in [0.15, 0.2) is 5.82 Å². The molecule has 0 unspecified atom stereocenters. The molecule has 56 valence electrons. The van der Waals surface area contributed by atoms with Crippen LogP contribution in [-0.4, -0.2) is 0 Å². The monoisotopic (exact) mass is 170 g/mol. The molecule has 0 saturated carbocycles. The topological polar surface area (TPSA) is 30.4 Å². The third kappa shape index (κ3) is 1.26. The van der Waals surface area contributed by atoms with Gasteiger partial charge in [0.25, 0.3) is 0 Å². The Morgan fingerprint density at radius 1 is 1.55 bits per heavy atom. The normalized spacial score (nSPS) is 9.18. The van der Waals surface area contributed by atoms with E-state index in [0.717, 1.165) is 0 Å². The highest BCUT2D eigenvalue weighted by Crippen LogP contribution is 2.30. The largest absolute Gasteiger partial charge is 0.396 e. The van der Waals surface area contributed by atoms with E-state index in [4.69, 9.17) is 23.9 Å². The first-order valence-electron chi connectivity index (χ1n) is 2.77. The van der Waals surface area contributed by atoms with Crippen molar-refractivity contribution in [1.82, 2.24) is 0 Å². The van der Waals surface area contributed by atoms with E-state index in [-0.39, 0.29) is 16.4 Å². The molecule has 1 aromatic rings. The number of halogens is 2. The molecule has 0 aliphatic rings. The maximum Gasteiger partial charge on any atom is 0.208 e. The van der Waals surface area contributed by atoms with Gasteiger partial charge >= 0.3 is 0 Å². The molecule has 0 aromatic heterocycles. The molecule has 1 aromatic carbocycles. The Labute approximate surface area is 68.2 Å². The summed E-state index contributed by atoms with van der Waals surface area (Å²) in [5.41, 5.74) is 5.22. The number of rotatable bonds is 0. The van der Waals surface area contributed by atoms with Crippen LogP contribution in [0, 0.1) is 12.4 Å². The minimum atomic E-state index is -0.722. The van der Waals surface area contributed by atoms with Gasteiger partial charge in [-0.1, -0.05) is 17.7 Å². The average Bonchev–Trinajstić information content (AvgIpc) is 2.01. The van der Waals surface area contributed by atoms with Crippen LogP contribution in [0.25, 0.3) is 4.85 Å². The minimum Gasteiger partial charge on any atom is -0.396 e. The fourth-order valence-corrected chi connectivity index (χ4v) is 0.855. The number of hydrogen-bond acceptors (Lipinski definition) is 1. The molecule has 0 aliphatic heterocycles. The van der Waals surface area contributed by atoms with Crippen molar-refractivity contribution in [2.75, 3.05) is 5.73 Å². The van der Waals surface area contributed by atoms with E-state index in [2.05, 4.69) is 4.85 Å². The van der Waals surface area contributed by atoms with Gasteiger partial charge < -0.3 is 5.73 Å². The van der Waals surface area contributed by atoms with E-state index in [1.165, 1.54) is 12.1 Å². The number of nitrogen functional groups attached to an aromatic ring is 1. The molecule has 0 spiro atoms. The fraction of sp³-hybridized carbons (Fsp3) is 0. The third-order valence-corrected chi connectivity index (χ3v) is 1.57. The van der Waals surface area contributed by atoms with E-state index in [1.54, 1.807) is 0 Å². The second-order valence-electron chi connectivity index (χ2n) is 1.91. The van der Waals surface area contributed by atoms with Gasteiger partial charge in [-0.15, -0.1) is 0 Å². The van der Waals surface area contributed by atoms with Gasteiger partial charge in [0, 0.05) is 0 Å². The lowest BCUT2D eigenvalue weighted by molar-refractivity contribution is 0.634. The molecule has 0 bridgehead atoms. The highest BCUT2D eigenvalue weighted by atomic mass is 35.5. The fourth-order valence-electron chi connectivity index (χ4n) is 0.641. The predicted octanol–water partition coefficient (Wildman–Crippen LogP) is 2.61. The van der Waals surface area contributed by atoms with Crippen molar-refractivity contribution in [2.24, 2.45) is 0 Å². The molecular formula is C7H4ClFN2. The standard InChI is InChI=1S/C7H4ClFN2/c1-11-5-3-2-4(10)7(9)6(5)8/h2-3H,10H2. The Kier molecular flexibility index (Phi) is 1.97. The molecule has 2 nitrogen and oxygen atoms in total. The van der Waals surface area contributed by atoms with Crippen molar-refractivity contribution in [1.29, 1.82) is 0 Å². The molecule has 11 heavy (non-hydrogen) atoms. The van der Waals surface area contributed by atoms with Gasteiger partial charge in [0.2, 0.25) is 5.69 Å². The SMILES string of the molecule is [C-]#[N+]c1ccc(N)c(F)c1Cl. The summed E-state index contributed by atoms with van der Waals surface area (Å²) in [7, 11) is 0. The molecule has 1 rings (SSSR count). The van der Waals surface area contributed by atoms with Crippen LogP contribution >= 0.6 is 11.6 Å². The van der Waals surface area contributed by atoms with Gasteiger partial charge in [0.05, 0.1) is 17.3 Å². The first-order chi connectivity index (χ1) is 5.16. The summed E-state index contributed by atoms with van der Waals surface area (Å²) in [5.74, 6) is -0.722. The summed E-state index contributed by atoms with van der Waals surface area (Å²) in [6.45, 7) is 6.58. The maximum atomic E-state index is 12.8. The predicted molar refractivity (Wildman–Crippen MR) is 42.1 cm³/mol. The highest BCUT2D eigenvalue weighted by Gasteiger charge is 2.08. The van der Waals surface area contributed by atoms with Gasteiger partial charge in [0.1, 0.15) is 0 Å². The molecule has 0 radical (unpaired) electrons. The van der Waals surface area contributed by atoms with Crippen molar-refractivity contribution in [3.05, 3.63) is 34.4 Å². The lowest BCUT2D eigenvalue weighted by Gasteiger charge is -1.99. The van der Waals surface area contributed by atoms with Crippen molar-refractivity contribution in [2.45, 2.75) is 0 Å². The molecule has 0 amide bonds. The minimum absolute atomic E-state index is 0.0394. The summed E-state index contributed by atoms with van der Waals surface area (Å²) < 4.78 is 12.8. The highest BCUT2D eigenvalue weighted by molar-refractivity contribution is 6.33. The quantitative estimate of drug-likeness (QED) is 0.471. The van der Waals surface area contributed by atoms with E-state index >= 15 is 0 Å². The van der Waals surface area contributed by atoms with Crippen LogP contribution in [0.2, 0.25) is 5.02 Å². The first kappa shape index (κ1) is 7.83. The lowest BCUT2D eigenvalue weighted by Crippen LogP contribution is -1.89. The van der Waals surface area contributed by atoms with Crippen LogP contribution in [0.5, 0.6) is 0 Å². The molecular weight excluding hydrogens is 167 g/mol. The Morgan fingerprint density at radius 3 is 2.73 bits per heavy atom. The zero-order valence-corrected chi connectivity index (χ0v) is 6.19. The van der Waals surface area contributed by atoms with Crippen LogP contribution in [0.4, 0.5) is 15.8 Å². The number of nitrogens with zero attached hydrogens (tertiary/aromatic N) is 1. The van der Waals surface area contributed by atoms with Crippen molar-refractivity contribution >= 4 is 23.0 Å². The molecule has 2 N–H and O–H groups in total. The van der Waals surface area contributed by atoms with E-state index in [9.17, 15) is 4.39 Å². The van der Waals surface area contributed by atoms with Crippen LogP contribution in [0.1, 0.15) is 0 Å². The van der Waals surface area contributed by atoms with Gasteiger partial charge in [-0.2, -0.15) is 0 Å². The Bertz CT molecular complexity index is 330. The third-order valence-electron chi connectivity index (χ3n) is 1.21. The molecule has 0 heterocycles. The van der Waals surface area contributed by atoms with Crippen molar-refractivity contribution in [3.63, 3.8) is 0 Å². The van der Waals surface area contributed by atoms with E-state index in [1.807, 2.05) is 0 Å². The summed E-state index contributed by atoms with van der Waals surface area (Å²) in [6, 6.07) is 2.70. The van der Waals surface area contributed by atoms with E-state index in [0.29, 0.717) is 0 Å². The summed E-state index contributed by atoms with van der Waals surface area (Å²) in [4.78, 5) is 2.99. The maximum absolute atomic E-state index is 12.8. The first-order valence-corrected chi connectivity index (χ1v) is 3.15. The Hall–Kier alpha value is -1.27. The number of benzene rings is 1. The number of nitrogens with two attached hydrogens (primary N) is 1. The average molecular weight is 171 g/mol. The zero-order valence-electron chi connectivity index (χ0n) is 5.44. The van der Waals surface area contributed by atoms with Crippen LogP contribution < -0.4 is 5.73 Å². The molecule has 0 fully saturated rings. The summed E-state index contributed by atoms with van der Waals surface area (Å²) in [6.07, 6.45) is 0. The lowest BCUT2D eigenvalue weighted by atomic mass is 10.3. The zero-order chi connectivity index (χ0) is 8.43. The van der Waals surface area contributed by atoms with Gasteiger partial charge in [-0.25, -0.2) is 9.24 Å². The smallest absolute Gasteiger partial charge is 0.208 e. The van der Waals surface area contributed by atoms with Crippen molar-refractivity contribution < 1.29 is 4.39 Å². The Balaban J connectivity index is 3.40. The second kappa shape index (κ2) is 2.77. The second-order valence-corrected chi connectivity index (χ2v) is 2.29.